The second-order valence-electron chi connectivity index (χ2n) is 4.94. The Morgan fingerprint density at radius 1 is 1.27 bits per heavy atom. The summed E-state index contributed by atoms with van der Waals surface area (Å²) in [7, 11) is 1.18. The van der Waals surface area contributed by atoms with Gasteiger partial charge in [-0.1, -0.05) is 11.6 Å². The number of thioether (sulfide) groups is 1. The molecule has 0 saturated carbocycles. The third-order valence-electron chi connectivity index (χ3n) is 3.16. The highest BCUT2D eigenvalue weighted by atomic mass is 79.9. The number of benzene rings is 2. The third-order valence-corrected chi connectivity index (χ3v) is 4.98. The average molecular weight is 473 g/mol. The Balaban J connectivity index is 2.13. The van der Waals surface area contributed by atoms with Crippen molar-refractivity contribution in [2.75, 3.05) is 18.3 Å². The number of carbonyl (C=O) groups excluding carboxylic acids is 1. The SMILES string of the molecule is COC(=O)c1cc(F)cc(SCNc2cc(C(F)(F)F)c(Cl)cc2Br)c1. The molecule has 10 heteroatoms. The number of hydrogen-bond donors (Lipinski definition) is 1. The van der Waals surface area contributed by atoms with Gasteiger partial charge in [0.15, 0.2) is 0 Å². The highest BCUT2D eigenvalue weighted by Gasteiger charge is 2.34. The number of halogens is 6. The van der Waals surface area contributed by atoms with Crippen molar-refractivity contribution >= 4 is 50.9 Å². The van der Waals surface area contributed by atoms with Gasteiger partial charge in [0.1, 0.15) is 5.82 Å². The van der Waals surface area contributed by atoms with Crippen LogP contribution in [-0.4, -0.2) is 19.0 Å². The Morgan fingerprint density at radius 3 is 2.58 bits per heavy atom. The van der Waals surface area contributed by atoms with E-state index in [0.717, 1.165) is 30.0 Å². The van der Waals surface area contributed by atoms with Crippen molar-refractivity contribution in [1.82, 2.24) is 0 Å². The van der Waals surface area contributed by atoms with Gasteiger partial charge in [-0.25, -0.2) is 9.18 Å². The monoisotopic (exact) mass is 471 g/mol. The second kappa shape index (κ2) is 8.49. The molecule has 0 atom stereocenters. The van der Waals surface area contributed by atoms with Crippen molar-refractivity contribution in [2.24, 2.45) is 0 Å². The zero-order chi connectivity index (χ0) is 19.5. The number of alkyl halides is 3. The fourth-order valence-electron chi connectivity index (χ4n) is 1.98. The van der Waals surface area contributed by atoms with E-state index in [1.165, 1.54) is 19.2 Å². The van der Waals surface area contributed by atoms with Gasteiger partial charge in [-0.2, -0.15) is 13.2 Å². The summed E-state index contributed by atoms with van der Waals surface area (Å²) in [4.78, 5) is 11.9. The highest BCUT2D eigenvalue weighted by molar-refractivity contribution is 9.10. The molecule has 0 aromatic heterocycles. The number of nitrogens with one attached hydrogen (secondary N) is 1. The summed E-state index contributed by atoms with van der Waals surface area (Å²) in [6.45, 7) is 0. The Hall–Kier alpha value is -1.45. The molecule has 1 N–H and O–H groups in total. The fraction of sp³-hybridized carbons (Fsp3) is 0.188. The molecule has 0 aliphatic carbocycles. The molecule has 140 valence electrons. The summed E-state index contributed by atoms with van der Waals surface area (Å²) in [5, 5.41) is 2.38. The minimum Gasteiger partial charge on any atom is -0.465 e. The second-order valence-corrected chi connectivity index (χ2v) is 7.25. The Morgan fingerprint density at radius 2 is 1.96 bits per heavy atom. The van der Waals surface area contributed by atoms with E-state index in [1.54, 1.807) is 0 Å². The van der Waals surface area contributed by atoms with Crippen molar-refractivity contribution in [1.29, 1.82) is 0 Å². The number of esters is 1. The van der Waals surface area contributed by atoms with Crippen LogP contribution < -0.4 is 5.32 Å². The van der Waals surface area contributed by atoms with Gasteiger partial charge in [-0.15, -0.1) is 11.8 Å². The number of hydrogen-bond acceptors (Lipinski definition) is 4. The number of carbonyl (C=O) groups is 1. The molecule has 0 radical (unpaired) electrons. The predicted molar refractivity (Wildman–Crippen MR) is 96.2 cm³/mol. The van der Waals surface area contributed by atoms with E-state index in [4.69, 9.17) is 11.6 Å². The minimum absolute atomic E-state index is 0.0435. The van der Waals surface area contributed by atoms with E-state index in [1.807, 2.05) is 0 Å². The summed E-state index contributed by atoms with van der Waals surface area (Å²) in [6, 6.07) is 5.71. The lowest BCUT2D eigenvalue weighted by molar-refractivity contribution is -0.137. The van der Waals surface area contributed by atoms with Crippen LogP contribution in [0.25, 0.3) is 0 Å². The first-order chi connectivity index (χ1) is 12.1. The molecule has 2 aromatic carbocycles. The van der Waals surface area contributed by atoms with Crippen LogP contribution in [-0.2, 0) is 10.9 Å². The first kappa shape index (κ1) is 20.9. The van der Waals surface area contributed by atoms with Crippen LogP contribution >= 0.6 is 39.3 Å². The van der Waals surface area contributed by atoms with Crippen LogP contribution in [0, 0.1) is 5.82 Å². The van der Waals surface area contributed by atoms with Gasteiger partial charge >= 0.3 is 12.1 Å². The zero-order valence-corrected chi connectivity index (χ0v) is 16.2. The molecule has 0 saturated heterocycles. The third kappa shape index (κ3) is 5.28. The molecule has 2 rings (SSSR count). The van der Waals surface area contributed by atoms with Gasteiger partial charge in [0, 0.05) is 15.1 Å². The largest absolute Gasteiger partial charge is 0.465 e. The quantitative estimate of drug-likeness (QED) is 0.243. The standard InChI is InChI=1S/C16H11BrClF4NO2S/c1-25-15(24)8-2-9(19)4-10(3-8)26-7-23-14-5-11(16(20,21)22)13(18)6-12(14)17/h2-6,23H,7H2,1H3. The van der Waals surface area contributed by atoms with Crippen LogP contribution in [0.3, 0.4) is 0 Å². The topological polar surface area (TPSA) is 38.3 Å². The Labute approximate surface area is 164 Å². The van der Waals surface area contributed by atoms with Crippen molar-refractivity contribution in [3.05, 3.63) is 56.8 Å². The molecule has 0 fully saturated rings. The lowest BCUT2D eigenvalue weighted by Crippen LogP contribution is -2.08. The van der Waals surface area contributed by atoms with Crippen molar-refractivity contribution in [2.45, 2.75) is 11.1 Å². The van der Waals surface area contributed by atoms with Gasteiger partial charge < -0.3 is 10.1 Å². The molecule has 2 aromatic rings. The van der Waals surface area contributed by atoms with E-state index in [2.05, 4.69) is 26.0 Å². The predicted octanol–water partition coefficient (Wildman–Crippen LogP) is 6.21. The molecule has 0 amide bonds. The summed E-state index contributed by atoms with van der Waals surface area (Å²) in [5.41, 5.74) is -0.741. The van der Waals surface area contributed by atoms with Crippen LogP contribution in [0.2, 0.25) is 5.02 Å². The average Bonchev–Trinajstić information content (AvgIpc) is 2.54. The van der Waals surface area contributed by atoms with Gasteiger partial charge in [-0.3, -0.25) is 0 Å². The van der Waals surface area contributed by atoms with Crippen molar-refractivity contribution < 1.29 is 27.1 Å². The Kier molecular flexibility index (Phi) is 6.81. The lowest BCUT2D eigenvalue weighted by atomic mass is 10.2. The molecule has 26 heavy (non-hydrogen) atoms. The van der Waals surface area contributed by atoms with Crippen LogP contribution in [0.1, 0.15) is 15.9 Å². The minimum atomic E-state index is -4.58. The molecule has 0 spiro atoms. The molecule has 0 aliphatic rings. The number of rotatable bonds is 5. The van der Waals surface area contributed by atoms with Crippen LogP contribution in [0.4, 0.5) is 23.2 Å². The van der Waals surface area contributed by atoms with Gasteiger partial charge in [-0.05, 0) is 46.3 Å². The van der Waals surface area contributed by atoms with Crippen molar-refractivity contribution in [3.8, 4) is 0 Å². The smallest absolute Gasteiger partial charge is 0.417 e. The van der Waals surface area contributed by atoms with Crippen LogP contribution in [0.5, 0.6) is 0 Å². The number of anilines is 1. The first-order valence-corrected chi connectivity index (χ1v) is 9.09. The van der Waals surface area contributed by atoms with Gasteiger partial charge in [0.25, 0.3) is 0 Å². The molecule has 0 bridgehead atoms. The maximum absolute atomic E-state index is 13.6. The number of ether oxygens (including phenoxy) is 1. The molecule has 0 unspecified atom stereocenters. The Bertz CT molecular complexity index is 833. The zero-order valence-electron chi connectivity index (χ0n) is 13.1. The van der Waals surface area contributed by atoms with Gasteiger partial charge in [0.05, 0.1) is 29.1 Å². The maximum Gasteiger partial charge on any atom is 0.417 e. The summed E-state index contributed by atoms with van der Waals surface area (Å²) in [6.07, 6.45) is -4.58. The van der Waals surface area contributed by atoms with E-state index < -0.39 is 28.5 Å². The molecule has 0 heterocycles. The first-order valence-electron chi connectivity index (χ1n) is 6.93. The van der Waals surface area contributed by atoms with E-state index in [0.29, 0.717) is 9.37 Å². The van der Waals surface area contributed by atoms with E-state index in [9.17, 15) is 22.4 Å². The highest BCUT2D eigenvalue weighted by Crippen LogP contribution is 2.39. The van der Waals surface area contributed by atoms with Crippen molar-refractivity contribution in [3.63, 3.8) is 0 Å². The molecular weight excluding hydrogens is 462 g/mol. The van der Waals surface area contributed by atoms with Gasteiger partial charge in [0.2, 0.25) is 0 Å². The molecule has 0 aliphatic heterocycles. The maximum atomic E-state index is 13.6. The van der Waals surface area contributed by atoms with E-state index in [-0.39, 0.29) is 17.1 Å². The lowest BCUT2D eigenvalue weighted by Gasteiger charge is -2.14. The molecule has 3 nitrogen and oxygen atoms in total. The van der Waals surface area contributed by atoms with Crippen LogP contribution in [0.15, 0.2) is 39.7 Å². The summed E-state index contributed by atoms with van der Waals surface area (Å²) < 4.78 is 57.2. The fourth-order valence-corrected chi connectivity index (χ4v) is 3.67. The molecular formula is C16H11BrClF4NO2S. The normalized spacial score (nSPS) is 11.3. The van der Waals surface area contributed by atoms with E-state index >= 15 is 0 Å². The summed E-state index contributed by atoms with van der Waals surface area (Å²) >= 11 is 9.87. The summed E-state index contributed by atoms with van der Waals surface area (Å²) in [5.74, 6) is -1.18. The number of methoxy groups -OCH3 is 1.